The summed E-state index contributed by atoms with van der Waals surface area (Å²) in [5.74, 6) is 0.137. The van der Waals surface area contributed by atoms with Crippen molar-refractivity contribution >= 4 is 26.0 Å². The van der Waals surface area contributed by atoms with Gasteiger partial charge in [0.05, 0.1) is 18.1 Å². The van der Waals surface area contributed by atoms with Gasteiger partial charge in [0.1, 0.15) is 0 Å². The molecule has 1 heterocycles. The first-order valence-electron chi connectivity index (χ1n) is 7.91. The number of nitrogens with zero attached hydrogens (tertiary/aromatic N) is 1. The minimum atomic E-state index is -3.50. The molecule has 1 aromatic carbocycles. The van der Waals surface area contributed by atoms with E-state index >= 15 is 0 Å². The van der Waals surface area contributed by atoms with Gasteiger partial charge in [0.15, 0.2) is 0 Å². The number of aryl methyl sites for hydroxylation is 1. The second-order valence-electron chi connectivity index (χ2n) is 6.15. The highest BCUT2D eigenvalue weighted by Gasteiger charge is 2.21. The molecule has 0 atom stereocenters. The molecule has 1 aliphatic heterocycles. The molecule has 0 saturated carbocycles. The quantitative estimate of drug-likeness (QED) is 0.790. The standard InChI is InChI=1S/C16H25BrN2O3S/c1-12(2)14-11-15(17)13(3)10-16(14)23(20,21)18-4-5-19-6-8-22-9-7-19/h10-12,18H,4-9H2,1-3H3. The molecule has 0 amide bonds. The first-order valence-corrected chi connectivity index (χ1v) is 10.2. The van der Waals surface area contributed by atoms with E-state index in [2.05, 4.69) is 25.6 Å². The molecule has 0 radical (unpaired) electrons. The summed E-state index contributed by atoms with van der Waals surface area (Å²) in [5, 5.41) is 0. The molecule has 1 N–H and O–H groups in total. The van der Waals surface area contributed by atoms with Gasteiger partial charge in [0.25, 0.3) is 0 Å². The fourth-order valence-corrected chi connectivity index (χ4v) is 4.41. The van der Waals surface area contributed by atoms with Crippen molar-refractivity contribution in [1.82, 2.24) is 9.62 Å². The molecule has 5 nitrogen and oxygen atoms in total. The predicted octanol–water partition coefficient (Wildman–Crippen LogP) is 2.49. The molecule has 1 aromatic rings. The lowest BCUT2D eigenvalue weighted by Crippen LogP contribution is -2.41. The van der Waals surface area contributed by atoms with Crippen LogP contribution in [0, 0.1) is 6.92 Å². The van der Waals surface area contributed by atoms with Crippen LogP contribution in [0.25, 0.3) is 0 Å². The molecular formula is C16H25BrN2O3S. The monoisotopic (exact) mass is 404 g/mol. The van der Waals surface area contributed by atoms with Crippen LogP contribution in [0.1, 0.15) is 30.9 Å². The van der Waals surface area contributed by atoms with Crippen LogP contribution in [-0.4, -0.2) is 52.7 Å². The Kier molecular flexibility index (Phi) is 6.62. The van der Waals surface area contributed by atoms with Crippen molar-refractivity contribution in [3.8, 4) is 0 Å². The number of morpholine rings is 1. The third-order valence-corrected chi connectivity index (χ3v) is 6.40. The number of nitrogens with one attached hydrogen (secondary N) is 1. The van der Waals surface area contributed by atoms with E-state index in [1.165, 1.54) is 0 Å². The number of hydrogen-bond acceptors (Lipinski definition) is 4. The second kappa shape index (κ2) is 8.07. The zero-order valence-corrected chi connectivity index (χ0v) is 16.3. The van der Waals surface area contributed by atoms with Crippen LogP contribution >= 0.6 is 15.9 Å². The van der Waals surface area contributed by atoms with E-state index in [1.54, 1.807) is 6.07 Å². The maximum atomic E-state index is 12.7. The van der Waals surface area contributed by atoms with E-state index in [1.807, 2.05) is 26.8 Å². The van der Waals surface area contributed by atoms with E-state index in [9.17, 15) is 8.42 Å². The molecule has 0 bridgehead atoms. The molecule has 0 aliphatic carbocycles. The number of benzene rings is 1. The molecule has 0 aromatic heterocycles. The SMILES string of the molecule is Cc1cc(S(=O)(=O)NCCN2CCOCC2)c(C(C)C)cc1Br. The smallest absolute Gasteiger partial charge is 0.240 e. The van der Waals surface area contributed by atoms with Crippen LogP contribution in [0.5, 0.6) is 0 Å². The van der Waals surface area contributed by atoms with Gasteiger partial charge in [0, 0.05) is 30.7 Å². The fourth-order valence-electron chi connectivity index (χ4n) is 2.59. The third kappa shape index (κ3) is 5.00. The molecule has 0 spiro atoms. The molecule has 1 aliphatic rings. The zero-order valence-electron chi connectivity index (χ0n) is 13.9. The van der Waals surface area contributed by atoms with E-state index in [0.29, 0.717) is 18.0 Å². The van der Waals surface area contributed by atoms with Crippen LogP contribution in [-0.2, 0) is 14.8 Å². The molecule has 1 saturated heterocycles. The number of hydrogen-bond donors (Lipinski definition) is 1. The Bertz CT molecular complexity index is 641. The van der Waals surface area contributed by atoms with E-state index < -0.39 is 10.0 Å². The largest absolute Gasteiger partial charge is 0.379 e. The minimum absolute atomic E-state index is 0.137. The van der Waals surface area contributed by atoms with Crippen LogP contribution in [0.4, 0.5) is 0 Å². The minimum Gasteiger partial charge on any atom is -0.379 e. The molecular weight excluding hydrogens is 380 g/mol. The highest BCUT2D eigenvalue weighted by molar-refractivity contribution is 9.10. The summed E-state index contributed by atoms with van der Waals surface area (Å²) < 4.78 is 34.4. The van der Waals surface area contributed by atoms with Crippen LogP contribution in [0.3, 0.4) is 0 Å². The van der Waals surface area contributed by atoms with Crippen molar-refractivity contribution in [1.29, 1.82) is 0 Å². The maximum Gasteiger partial charge on any atom is 0.240 e. The van der Waals surface area contributed by atoms with Crippen molar-refractivity contribution in [2.45, 2.75) is 31.6 Å². The average molecular weight is 405 g/mol. The highest BCUT2D eigenvalue weighted by Crippen LogP contribution is 2.29. The van der Waals surface area contributed by atoms with Gasteiger partial charge in [-0.25, -0.2) is 13.1 Å². The van der Waals surface area contributed by atoms with Crippen molar-refractivity contribution in [3.63, 3.8) is 0 Å². The molecule has 130 valence electrons. The Morgan fingerprint density at radius 1 is 1.30 bits per heavy atom. The van der Waals surface area contributed by atoms with Gasteiger partial charge >= 0.3 is 0 Å². The number of sulfonamides is 1. The average Bonchev–Trinajstić information content (AvgIpc) is 2.50. The number of halogens is 1. The van der Waals surface area contributed by atoms with Gasteiger partial charge < -0.3 is 4.74 Å². The van der Waals surface area contributed by atoms with Gasteiger partial charge in [-0.15, -0.1) is 0 Å². The van der Waals surface area contributed by atoms with E-state index in [0.717, 1.165) is 41.9 Å². The summed E-state index contributed by atoms with van der Waals surface area (Å²) in [7, 11) is -3.50. The third-order valence-electron chi connectivity index (χ3n) is 4.03. The van der Waals surface area contributed by atoms with Gasteiger partial charge in [-0.3, -0.25) is 4.90 Å². The molecule has 0 unspecified atom stereocenters. The van der Waals surface area contributed by atoms with Crippen molar-refractivity contribution in [3.05, 3.63) is 27.7 Å². The van der Waals surface area contributed by atoms with Gasteiger partial charge in [-0.05, 0) is 36.1 Å². The normalized spacial score (nSPS) is 16.9. The van der Waals surface area contributed by atoms with Crippen molar-refractivity contribution in [2.24, 2.45) is 0 Å². The fraction of sp³-hybridized carbons (Fsp3) is 0.625. The van der Waals surface area contributed by atoms with Crippen molar-refractivity contribution < 1.29 is 13.2 Å². The number of ether oxygens (including phenoxy) is 1. The van der Waals surface area contributed by atoms with Crippen LogP contribution < -0.4 is 4.72 Å². The lowest BCUT2D eigenvalue weighted by atomic mass is 10.0. The Labute approximate surface area is 147 Å². The maximum absolute atomic E-state index is 12.7. The second-order valence-corrected chi connectivity index (χ2v) is 8.74. The summed E-state index contributed by atoms with van der Waals surface area (Å²) in [5.41, 5.74) is 1.75. The zero-order chi connectivity index (χ0) is 17.0. The highest BCUT2D eigenvalue weighted by atomic mass is 79.9. The van der Waals surface area contributed by atoms with Crippen LogP contribution in [0.2, 0.25) is 0 Å². The Morgan fingerprint density at radius 2 is 1.96 bits per heavy atom. The molecule has 23 heavy (non-hydrogen) atoms. The summed E-state index contributed by atoms with van der Waals surface area (Å²) in [6.45, 7) is 10.2. The summed E-state index contributed by atoms with van der Waals surface area (Å²) >= 11 is 3.49. The van der Waals surface area contributed by atoms with Crippen molar-refractivity contribution in [2.75, 3.05) is 39.4 Å². The Morgan fingerprint density at radius 3 is 2.57 bits per heavy atom. The first-order chi connectivity index (χ1) is 10.8. The van der Waals surface area contributed by atoms with E-state index in [-0.39, 0.29) is 5.92 Å². The summed E-state index contributed by atoms with van der Waals surface area (Å²) in [6.07, 6.45) is 0. The predicted molar refractivity (Wildman–Crippen MR) is 95.4 cm³/mol. The van der Waals surface area contributed by atoms with E-state index in [4.69, 9.17) is 4.74 Å². The molecule has 1 fully saturated rings. The molecule has 7 heteroatoms. The summed E-state index contributed by atoms with van der Waals surface area (Å²) in [6, 6.07) is 3.66. The molecule has 2 rings (SSSR count). The van der Waals surface area contributed by atoms with Gasteiger partial charge in [-0.2, -0.15) is 0 Å². The number of rotatable bonds is 6. The lowest BCUT2D eigenvalue weighted by molar-refractivity contribution is 0.0390. The lowest BCUT2D eigenvalue weighted by Gasteiger charge is -2.26. The van der Waals surface area contributed by atoms with Crippen LogP contribution in [0.15, 0.2) is 21.5 Å². The Balaban J connectivity index is 2.10. The summed E-state index contributed by atoms with van der Waals surface area (Å²) in [4.78, 5) is 2.59. The Hall–Kier alpha value is -0.470. The van der Waals surface area contributed by atoms with Gasteiger partial charge in [0.2, 0.25) is 10.0 Å². The van der Waals surface area contributed by atoms with Gasteiger partial charge in [-0.1, -0.05) is 29.8 Å². The first kappa shape index (κ1) is 18.9. The topological polar surface area (TPSA) is 58.6 Å².